The van der Waals surface area contributed by atoms with Crippen LogP contribution in [0.4, 0.5) is 0 Å². The summed E-state index contributed by atoms with van der Waals surface area (Å²) in [4.78, 5) is 30.4. The van der Waals surface area contributed by atoms with E-state index in [2.05, 4.69) is 9.46 Å². The van der Waals surface area contributed by atoms with Crippen LogP contribution in [0.5, 0.6) is 0 Å². The largest absolute Gasteiger partial charge is 0.699 e. The average Bonchev–Trinajstić information content (AvgIpc) is 2.21. The van der Waals surface area contributed by atoms with E-state index in [-0.39, 0.29) is 46.1 Å². The number of hydrogen-bond acceptors (Lipinski definition) is 8. The van der Waals surface area contributed by atoms with Gasteiger partial charge < -0.3 is 28.6 Å². The Bertz CT molecular complexity index is 192. The van der Waals surface area contributed by atoms with Gasteiger partial charge in [-0.2, -0.15) is 9.46 Å². The maximum Gasteiger partial charge on any atom is 0.699 e. The molecular weight excluding hydrogens is 324 g/mol. The van der Waals surface area contributed by atoms with Gasteiger partial charge in [0.1, 0.15) is 6.61 Å². The van der Waals surface area contributed by atoms with Crippen molar-refractivity contribution in [2.24, 2.45) is 0 Å². The molecule has 8 nitrogen and oxygen atoms in total. The van der Waals surface area contributed by atoms with Gasteiger partial charge in [0.15, 0.2) is 0 Å². The van der Waals surface area contributed by atoms with Gasteiger partial charge in [-0.15, -0.1) is 0 Å². The summed E-state index contributed by atoms with van der Waals surface area (Å²) in [6, 6.07) is 0. The standard InChI is InChI=1S/C7H18O8Si.3H4Si/c1-4-12-6-7(11-3,13-5-2)14-15-16(8,9)10;;;/h8-10H,4-6H2,1-3H3;3*1H4. The summed E-state index contributed by atoms with van der Waals surface area (Å²) in [6.45, 7) is 3.85. The molecule has 0 saturated carbocycles. The second-order valence-electron chi connectivity index (χ2n) is 2.70. The third-order valence-electron chi connectivity index (χ3n) is 1.44. The van der Waals surface area contributed by atoms with Crippen molar-refractivity contribution in [1.29, 1.82) is 0 Å². The van der Waals surface area contributed by atoms with E-state index in [1.165, 1.54) is 7.11 Å². The van der Waals surface area contributed by atoms with E-state index in [1.807, 2.05) is 0 Å². The predicted octanol–water partition coefficient (Wildman–Crippen LogP) is -5.63. The molecule has 19 heavy (non-hydrogen) atoms. The molecular formula is C7H30O8Si4. The van der Waals surface area contributed by atoms with Gasteiger partial charge in [-0.05, 0) is 46.7 Å². The smallest absolute Gasteiger partial charge is 0.373 e. The van der Waals surface area contributed by atoms with Crippen LogP contribution in [0.1, 0.15) is 13.8 Å². The molecule has 122 valence electrons. The van der Waals surface area contributed by atoms with Crippen LogP contribution in [0.15, 0.2) is 0 Å². The van der Waals surface area contributed by atoms with Crippen LogP contribution < -0.4 is 0 Å². The minimum Gasteiger partial charge on any atom is -0.373 e. The first-order chi connectivity index (χ1) is 7.39. The van der Waals surface area contributed by atoms with Crippen molar-refractivity contribution in [2.45, 2.75) is 19.8 Å². The number of ether oxygens (including phenoxy) is 3. The van der Waals surface area contributed by atoms with Crippen molar-refractivity contribution in [1.82, 2.24) is 0 Å². The van der Waals surface area contributed by atoms with Gasteiger partial charge in [-0.25, -0.2) is 0 Å². The molecule has 0 spiro atoms. The van der Waals surface area contributed by atoms with E-state index in [0.717, 1.165) is 0 Å². The fourth-order valence-corrected chi connectivity index (χ4v) is 1.05. The molecule has 0 radical (unpaired) electrons. The van der Waals surface area contributed by atoms with E-state index in [4.69, 9.17) is 28.6 Å². The molecule has 0 saturated heterocycles. The van der Waals surface area contributed by atoms with Gasteiger partial charge in [0.05, 0.1) is 0 Å². The van der Waals surface area contributed by atoms with Crippen molar-refractivity contribution in [2.75, 3.05) is 26.9 Å². The fraction of sp³-hybridized carbons (Fsp3) is 1.00. The maximum atomic E-state index is 8.62. The van der Waals surface area contributed by atoms with Crippen LogP contribution in [0.3, 0.4) is 0 Å². The molecule has 0 aliphatic heterocycles. The molecule has 0 aromatic heterocycles. The van der Waals surface area contributed by atoms with Gasteiger partial charge in [0.2, 0.25) is 0 Å². The summed E-state index contributed by atoms with van der Waals surface area (Å²) in [5.41, 5.74) is 0. The van der Waals surface area contributed by atoms with Crippen molar-refractivity contribution >= 4 is 41.9 Å². The molecule has 3 N–H and O–H groups in total. The lowest BCUT2D eigenvalue weighted by Gasteiger charge is -2.30. The first-order valence-corrected chi connectivity index (χ1v) is 6.45. The second-order valence-corrected chi connectivity index (χ2v) is 4.01. The van der Waals surface area contributed by atoms with Gasteiger partial charge in [-0.1, -0.05) is 0 Å². The molecule has 0 heterocycles. The quantitative estimate of drug-likeness (QED) is 0.163. The number of hydrogen-bond donors (Lipinski definition) is 3. The minimum absolute atomic E-state index is 0. The Kier molecular flexibility index (Phi) is 19.8. The lowest BCUT2D eigenvalue weighted by atomic mass is 10.6. The molecule has 0 bridgehead atoms. The summed E-state index contributed by atoms with van der Waals surface area (Å²) in [7, 11) is -3.53. The highest BCUT2D eigenvalue weighted by Gasteiger charge is 2.41. The number of methoxy groups -OCH3 is 1. The van der Waals surface area contributed by atoms with E-state index in [1.54, 1.807) is 13.8 Å². The zero-order valence-corrected chi connectivity index (χ0v) is 10.5. The highest BCUT2D eigenvalue weighted by Crippen LogP contribution is 2.16. The lowest BCUT2D eigenvalue weighted by Crippen LogP contribution is -2.48. The minimum atomic E-state index is -4.79. The molecule has 0 aliphatic carbocycles. The SMILES string of the molecule is CCOCC(OC)(OCC)OO[Si](O)(O)O.[SiH4].[SiH4].[SiH4]. The van der Waals surface area contributed by atoms with Crippen molar-refractivity contribution in [3.8, 4) is 0 Å². The molecule has 0 aromatic carbocycles. The Morgan fingerprint density at radius 1 is 1.00 bits per heavy atom. The molecule has 0 amide bonds. The van der Waals surface area contributed by atoms with Crippen LogP contribution in [-0.4, -0.2) is 89.2 Å². The molecule has 0 fully saturated rings. The van der Waals surface area contributed by atoms with Crippen LogP contribution in [0.25, 0.3) is 0 Å². The second kappa shape index (κ2) is 13.5. The molecule has 0 rings (SSSR count). The molecule has 1 atom stereocenters. The lowest BCUT2D eigenvalue weighted by molar-refractivity contribution is -0.491. The fourth-order valence-electron chi connectivity index (χ4n) is 0.808. The van der Waals surface area contributed by atoms with Gasteiger partial charge in [-0.3, -0.25) is 0 Å². The van der Waals surface area contributed by atoms with Crippen LogP contribution in [0, 0.1) is 0 Å². The Hall–Kier alpha value is 0.548. The maximum absolute atomic E-state index is 8.62. The summed E-state index contributed by atoms with van der Waals surface area (Å²) >= 11 is 0. The first-order valence-electron chi connectivity index (χ1n) is 4.70. The third-order valence-corrected chi connectivity index (χ3v) is 1.75. The highest BCUT2D eigenvalue weighted by molar-refractivity contribution is 6.48. The van der Waals surface area contributed by atoms with Gasteiger partial charge >= 0.3 is 15.0 Å². The third kappa shape index (κ3) is 13.3. The molecule has 12 heteroatoms. The van der Waals surface area contributed by atoms with Crippen LogP contribution >= 0.6 is 0 Å². The first kappa shape index (κ1) is 27.8. The molecule has 0 aromatic rings. The van der Waals surface area contributed by atoms with Crippen molar-refractivity contribution in [3.05, 3.63) is 0 Å². The van der Waals surface area contributed by atoms with Crippen molar-refractivity contribution in [3.63, 3.8) is 0 Å². The topological polar surface area (TPSA) is 107 Å². The summed E-state index contributed by atoms with van der Waals surface area (Å²) in [5, 5.41) is 0. The van der Waals surface area contributed by atoms with Crippen LogP contribution in [-0.2, 0) is 23.7 Å². The van der Waals surface area contributed by atoms with Gasteiger partial charge in [0.25, 0.3) is 0 Å². The average molecular weight is 355 g/mol. The molecule has 0 aliphatic rings. The Balaban J connectivity index is -0.000000375. The zero-order chi connectivity index (χ0) is 12.7. The summed E-state index contributed by atoms with van der Waals surface area (Å²) in [5.74, 6) is -1.74. The zero-order valence-electron chi connectivity index (χ0n) is 9.50. The van der Waals surface area contributed by atoms with E-state index in [0.29, 0.717) is 6.61 Å². The predicted molar refractivity (Wildman–Crippen MR) is 86.4 cm³/mol. The monoisotopic (exact) mass is 354 g/mol. The summed E-state index contributed by atoms with van der Waals surface area (Å²) < 4.78 is 19.0. The number of rotatable bonds is 9. The Labute approximate surface area is 127 Å². The van der Waals surface area contributed by atoms with Crippen molar-refractivity contribution < 1.29 is 38.1 Å². The Morgan fingerprint density at radius 2 is 1.53 bits per heavy atom. The Morgan fingerprint density at radius 3 is 1.84 bits per heavy atom. The highest BCUT2D eigenvalue weighted by atomic mass is 28.4. The summed E-state index contributed by atoms with van der Waals surface area (Å²) in [6.07, 6.45) is 0. The van der Waals surface area contributed by atoms with E-state index < -0.39 is 15.0 Å². The van der Waals surface area contributed by atoms with E-state index in [9.17, 15) is 0 Å². The van der Waals surface area contributed by atoms with E-state index >= 15 is 0 Å². The molecule has 1 unspecified atom stereocenters. The normalized spacial score (nSPS) is 13.6. The van der Waals surface area contributed by atoms with Gasteiger partial charge in [0, 0.05) is 20.3 Å². The van der Waals surface area contributed by atoms with Crippen LogP contribution in [0.2, 0.25) is 0 Å².